The fraction of sp³-hybridized carbons (Fsp3) is 0.276. The van der Waals surface area contributed by atoms with Gasteiger partial charge in [0.15, 0.2) is 0 Å². The quantitative estimate of drug-likeness (QED) is 0.264. The molecular formula is C29H29ClFN3O2. The highest BCUT2D eigenvalue weighted by Crippen LogP contribution is 2.29. The van der Waals surface area contributed by atoms with Gasteiger partial charge in [0, 0.05) is 17.1 Å². The molecule has 0 N–H and O–H groups in total. The molecule has 7 heteroatoms. The van der Waals surface area contributed by atoms with E-state index in [1.807, 2.05) is 13.0 Å². The van der Waals surface area contributed by atoms with Gasteiger partial charge in [0.2, 0.25) is 0 Å². The SMILES string of the molecule is CCC(c1nc2ccccc2c(=O)n1-c1cccc(Cl)c1)N(CCC(C)C)C(=O)c1ccc(F)cc1. The number of halogens is 2. The van der Waals surface area contributed by atoms with Gasteiger partial charge in [-0.2, -0.15) is 0 Å². The number of carbonyl (C=O) groups excluding carboxylic acids is 1. The van der Waals surface area contributed by atoms with Gasteiger partial charge in [-0.3, -0.25) is 14.2 Å². The number of fused-ring (bicyclic) bond motifs is 1. The molecule has 4 aromatic rings. The van der Waals surface area contributed by atoms with Crippen molar-refractivity contribution in [3.05, 3.63) is 105 Å². The molecule has 0 aliphatic carbocycles. The van der Waals surface area contributed by atoms with Crippen molar-refractivity contribution in [2.45, 2.75) is 39.7 Å². The second kappa shape index (κ2) is 11.0. The Labute approximate surface area is 215 Å². The first kappa shape index (κ1) is 25.6. The average molecular weight is 506 g/mol. The van der Waals surface area contributed by atoms with Gasteiger partial charge < -0.3 is 4.90 Å². The number of benzene rings is 3. The summed E-state index contributed by atoms with van der Waals surface area (Å²) in [7, 11) is 0. The van der Waals surface area contributed by atoms with Crippen LogP contribution in [0.3, 0.4) is 0 Å². The molecule has 1 amide bonds. The van der Waals surface area contributed by atoms with Crippen molar-refractivity contribution in [2.75, 3.05) is 6.54 Å². The molecule has 36 heavy (non-hydrogen) atoms. The third-order valence-electron chi connectivity index (χ3n) is 6.23. The second-order valence-electron chi connectivity index (χ2n) is 9.22. The molecule has 1 heterocycles. The zero-order valence-electron chi connectivity index (χ0n) is 20.6. The largest absolute Gasteiger partial charge is 0.328 e. The van der Waals surface area contributed by atoms with E-state index in [4.69, 9.17) is 16.6 Å². The van der Waals surface area contributed by atoms with Gasteiger partial charge in [-0.25, -0.2) is 9.37 Å². The summed E-state index contributed by atoms with van der Waals surface area (Å²) in [6.07, 6.45) is 1.29. The molecule has 1 aromatic heterocycles. The predicted molar refractivity (Wildman–Crippen MR) is 142 cm³/mol. The Hall–Kier alpha value is -3.51. The highest BCUT2D eigenvalue weighted by Gasteiger charge is 2.30. The number of aromatic nitrogens is 2. The van der Waals surface area contributed by atoms with E-state index in [1.165, 1.54) is 24.3 Å². The van der Waals surface area contributed by atoms with Gasteiger partial charge in [-0.05, 0) is 73.4 Å². The van der Waals surface area contributed by atoms with E-state index in [0.29, 0.717) is 51.9 Å². The van der Waals surface area contributed by atoms with Crippen molar-refractivity contribution in [1.29, 1.82) is 0 Å². The molecule has 5 nitrogen and oxygen atoms in total. The van der Waals surface area contributed by atoms with Gasteiger partial charge in [0.1, 0.15) is 11.6 Å². The van der Waals surface area contributed by atoms with Crippen LogP contribution in [0.15, 0.2) is 77.6 Å². The predicted octanol–water partition coefficient (Wildman–Crippen LogP) is 6.82. The van der Waals surface area contributed by atoms with Crippen LogP contribution in [0.2, 0.25) is 5.02 Å². The summed E-state index contributed by atoms with van der Waals surface area (Å²) in [6.45, 7) is 6.62. The van der Waals surface area contributed by atoms with Crippen molar-refractivity contribution in [3.63, 3.8) is 0 Å². The lowest BCUT2D eigenvalue weighted by Gasteiger charge is -2.33. The van der Waals surface area contributed by atoms with E-state index in [1.54, 1.807) is 51.9 Å². The lowest BCUT2D eigenvalue weighted by atomic mass is 10.0. The van der Waals surface area contributed by atoms with Crippen LogP contribution in [0.25, 0.3) is 16.6 Å². The number of hydrogen-bond acceptors (Lipinski definition) is 3. The van der Waals surface area contributed by atoms with Crippen LogP contribution in [0, 0.1) is 11.7 Å². The summed E-state index contributed by atoms with van der Waals surface area (Å²) in [5.41, 5.74) is 1.30. The number of nitrogens with zero attached hydrogens (tertiary/aromatic N) is 3. The van der Waals surface area contributed by atoms with Crippen molar-refractivity contribution < 1.29 is 9.18 Å². The normalized spacial score (nSPS) is 12.2. The number of hydrogen-bond donors (Lipinski definition) is 0. The van der Waals surface area contributed by atoms with Crippen molar-refractivity contribution in [3.8, 4) is 5.69 Å². The summed E-state index contributed by atoms with van der Waals surface area (Å²) in [5.74, 6) is 0.175. The topological polar surface area (TPSA) is 55.2 Å². The molecule has 0 aliphatic heterocycles. The highest BCUT2D eigenvalue weighted by atomic mass is 35.5. The van der Waals surface area contributed by atoms with Gasteiger partial charge in [0.25, 0.3) is 11.5 Å². The van der Waals surface area contributed by atoms with Crippen LogP contribution >= 0.6 is 11.6 Å². The van der Waals surface area contributed by atoms with Crippen LogP contribution in [-0.4, -0.2) is 26.9 Å². The molecule has 0 radical (unpaired) electrons. The van der Waals surface area contributed by atoms with Crippen LogP contribution < -0.4 is 5.56 Å². The summed E-state index contributed by atoms with van der Waals surface area (Å²) < 4.78 is 15.1. The monoisotopic (exact) mass is 505 g/mol. The smallest absolute Gasteiger partial charge is 0.266 e. The molecule has 186 valence electrons. The summed E-state index contributed by atoms with van der Waals surface area (Å²) >= 11 is 6.29. The van der Waals surface area contributed by atoms with Crippen LogP contribution in [0.4, 0.5) is 4.39 Å². The Morgan fingerprint density at radius 1 is 1.06 bits per heavy atom. The number of carbonyl (C=O) groups is 1. The zero-order chi connectivity index (χ0) is 25.8. The van der Waals surface area contributed by atoms with E-state index in [0.717, 1.165) is 6.42 Å². The first-order valence-electron chi connectivity index (χ1n) is 12.1. The molecule has 0 bridgehead atoms. The van der Waals surface area contributed by atoms with Gasteiger partial charge in [-0.15, -0.1) is 0 Å². The number of amides is 1. The molecule has 1 unspecified atom stereocenters. The van der Waals surface area contributed by atoms with Crippen LogP contribution in [-0.2, 0) is 0 Å². The standard InChI is InChI=1S/C29H29ClFN3O2/c1-4-26(33(17-16-19(2)3)28(35)20-12-14-22(31)15-13-20)27-32-25-11-6-5-10-24(25)29(36)34(27)23-9-7-8-21(30)18-23/h5-15,18-19,26H,4,16-17H2,1-3H3. The first-order valence-corrected chi connectivity index (χ1v) is 12.5. The van der Waals surface area contributed by atoms with Gasteiger partial charge in [0.05, 0.1) is 22.6 Å². The fourth-order valence-corrected chi connectivity index (χ4v) is 4.52. The molecule has 0 saturated carbocycles. The molecule has 0 aliphatic rings. The van der Waals surface area contributed by atoms with Crippen molar-refractivity contribution >= 4 is 28.4 Å². The lowest BCUT2D eigenvalue weighted by Crippen LogP contribution is -2.39. The fourth-order valence-electron chi connectivity index (χ4n) is 4.33. The Bertz CT molecular complexity index is 1430. The zero-order valence-corrected chi connectivity index (χ0v) is 21.4. The maximum absolute atomic E-state index is 13.8. The maximum atomic E-state index is 13.8. The second-order valence-corrected chi connectivity index (χ2v) is 9.66. The third-order valence-corrected chi connectivity index (χ3v) is 6.46. The van der Waals surface area contributed by atoms with E-state index < -0.39 is 11.9 Å². The van der Waals surface area contributed by atoms with Crippen molar-refractivity contribution in [2.24, 2.45) is 5.92 Å². The van der Waals surface area contributed by atoms with E-state index in [-0.39, 0.29) is 11.5 Å². The van der Waals surface area contributed by atoms with Crippen LogP contribution in [0.5, 0.6) is 0 Å². The Morgan fingerprint density at radius 3 is 2.44 bits per heavy atom. The van der Waals surface area contributed by atoms with Crippen molar-refractivity contribution in [1.82, 2.24) is 14.5 Å². The summed E-state index contributed by atoms with van der Waals surface area (Å²) in [4.78, 5) is 34.2. The minimum atomic E-state index is -0.502. The molecule has 0 spiro atoms. The average Bonchev–Trinajstić information content (AvgIpc) is 2.86. The molecule has 4 rings (SSSR count). The third kappa shape index (κ3) is 5.34. The van der Waals surface area contributed by atoms with Crippen LogP contribution in [0.1, 0.15) is 55.8 Å². The molecule has 3 aromatic carbocycles. The Balaban J connectivity index is 1.94. The van der Waals surface area contributed by atoms with E-state index in [2.05, 4.69) is 13.8 Å². The molecule has 0 saturated heterocycles. The number of para-hydroxylation sites is 1. The summed E-state index contributed by atoms with van der Waals surface area (Å²) in [6, 6.07) is 19.3. The molecule has 0 fully saturated rings. The van der Waals surface area contributed by atoms with Gasteiger partial charge in [-0.1, -0.05) is 50.6 Å². The Morgan fingerprint density at radius 2 is 1.78 bits per heavy atom. The lowest BCUT2D eigenvalue weighted by molar-refractivity contribution is 0.0648. The minimum absolute atomic E-state index is 0.227. The van der Waals surface area contributed by atoms with Gasteiger partial charge >= 0.3 is 0 Å². The Kier molecular flexibility index (Phi) is 7.85. The first-order chi connectivity index (χ1) is 17.3. The molecular weight excluding hydrogens is 477 g/mol. The highest BCUT2D eigenvalue weighted by molar-refractivity contribution is 6.30. The number of rotatable bonds is 8. The summed E-state index contributed by atoms with van der Waals surface area (Å²) in [5, 5.41) is 0.972. The molecule has 1 atom stereocenters. The minimum Gasteiger partial charge on any atom is -0.328 e. The van der Waals surface area contributed by atoms with E-state index >= 15 is 0 Å². The maximum Gasteiger partial charge on any atom is 0.266 e. The van der Waals surface area contributed by atoms with E-state index in [9.17, 15) is 14.0 Å².